The number of nitrogens with one attached hydrogen (secondary N) is 1. The van der Waals surface area contributed by atoms with Crippen LogP contribution in [0, 0.1) is 0 Å². The molecule has 2 rings (SSSR count). The monoisotopic (exact) mass is 346 g/mol. The van der Waals surface area contributed by atoms with E-state index in [0.717, 1.165) is 0 Å². The normalized spacial score (nSPS) is 11.7. The molecule has 0 aliphatic rings. The number of hydrogen-bond acceptors (Lipinski definition) is 3. The molecular weight excluding hydrogens is 328 g/mol. The summed E-state index contributed by atoms with van der Waals surface area (Å²) < 4.78 is 0. The lowest BCUT2D eigenvalue weighted by atomic mass is 10.1. The maximum absolute atomic E-state index is 12.2. The lowest BCUT2D eigenvalue weighted by molar-refractivity contribution is -0.118. The summed E-state index contributed by atoms with van der Waals surface area (Å²) in [5.74, 6) is -0.486. The highest BCUT2D eigenvalue weighted by atomic mass is 35.5. The maximum atomic E-state index is 12.2. The van der Waals surface area contributed by atoms with Gasteiger partial charge in [0.2, 0.25) is 11.8 Å². The van der Waals surface area contributed by atoms with E-state index in [1.807, 2.05) is 0 Å². The van der Waals surface area contributed by atoms with Crippen LogP contribution in [0.5, 0.6) is 0 Å². The van der Waals surface area contributed by atoms with Gasteiger partial charge in [0.25, 0.3) is 0 Å². The van der Waals surface area contributed by atoms with E-state index in [1.54, 1.807) is 55.6 Å². The molecule has 2 amide bonds. The van der Waals surface area contributed by atoms with Crippen LogP contribution in [0.15, 0.2) is 48.5 Å². The zero-order valence-electron chi connectivity index (χ0n) is 13.5. The van der Waals surface area contributed by atoms with Gasteiger partial charge in [-0.05, 0) is 29.8 Å². The van der Waals surface area contributed by atoms with Gasteiger partial charge in [0.1, 0.15) is 0 Å². The molecule has 24 heavy (non-hydrogen) atoms. The van der Waals surface area contributed by atoms with Crippen molar-refractivity contribution in [1.82, 2.24) is 0 Å². The van der Waals surface area contributed by atoms with Gasteiger partial charge in [-0.15, -0.1) is 0 Å². The Kier molecular flexibility index (Phi) is 5.95. The first kappa shape index (κ1) is 18.0. The van der Waals surface area contributed by atoms with E-state index >= 15 is 0 Å². The molecule has 6 heteroatoms. The molecule has 1 atom stereocenters. The second-order valence-corrected chi connectivity index (χ2v) is 5.85. The lowest BCUT2D eigenvalue weighted by Crippen LogP contribution is -2.25. The first-order chi connectivity index (χ1) is 11.4. The largest absolute Gasteiger partial charge is 0.388 e. The number of anilines is 2. The van der Waals surface area contributed by atoms with Crippen LogP contribution in [0.2, 0.25) is 5.02 Å². The Bertz CT molecular complexity index is 731. The highest BCUT2D eigenvalue weighted by Gasteiger charge is 2.16. The van der Waals surface area contributed by atoms with Crippen molar-refractivity contribution < 1.29 is 14.7 Å². The summed E-state index contributed by atoms with van der Waals surface area (Å²) in [4.78, 5) is 25.2. The number of carbonyl (C=O) groups is 2. The molecule has 126 valence electrons. The minimum atomic E-state index is -0.931. The van der Waals surface area contributed by atoms with Crippen molar-refractivity contribution in [3.05, 3.63) is 59.1 Å². The molecule has 2 N–H and O–H groups in total. The van der Waals surface area contributed by atoms with E-state index in [9.17, 15) is 14.7 Å². The Morgan fingerprint density at radius 1 is 1.17 bits per heavy atom. The van der Waals surface area contributed by atoms with Gasteiger partial charge in [0, 0.05) is 19.0 Å². The van der Waals surface area contributed by atoms with Crippen molar-refractivity contribution >= 4 is 34.8 Å². The summed E-state index contributed by atoms with van der Waals surface area (Å²) in [5, 5.41) is 13.5. The second-order valence-electron chi connectivity index (χ2n) is 5.41. The van der Waals surface area contributed by atoms with E-state index in [0.29, 0.717) is 22.0 Å². The summed E-state index contributed by atoms with van der Waals surface area (Å²) in [6.45, 7) is 1.45. The fourth-order valence-corrected chi connectivity index (χ4v) is 2.35. The number of halogens is 1. The van der Waals surface area contributed by atoms with Crippen molar-refractivity contribution in [3.8, 4) is 0 Å². The van der Waals surface area contributed by atoms with Gasteiger partial charge >= 0.3 is 0 Å². The molecule has 0 heterocycles. The van der Waals surface area contributed by atoms with Crippen LogP contribution in [-0.2, 0) is 9.59 Å². The van der Waals surface area contributed by atoms with Gasteiger partial charge in [-0.1, -0.05) is 35.9 Å². The SMILES string of the molecule is CC(=O)N(C)c1ccccc1NC(=O)CC(O)c1ccc(Cl)cc1. The number of aliphatic hydroxyl groups is 1. The van der Waals surface area contributed by atoms with Crippen LogP contribution in [0.4, 0.5) is 11.4 Å². The van der Waals surface area contributed by atoms with Crippen LogP contribution in [0.1, 0.15) is 25.0 Å². The van der Waals surface area contributed by atoms with Gasteiger partial charge in [0.05, 0.1) is 23.9 Å². The Morgan fingerprint density at radius 2 is 1.79 bits per heavy atom. The van der Waals surface area contributed by atoms with E-state index in [1.165, 1.54) is 11.8 Å². The molecule has 0 aromatic heterocycles. The maximum Gasteiger partial charge on any atom is 0.227 e. The molecule has 0 fully saturated rings. The van der Waals surface area contributed by atoms with Crippen molar-refractivity contribution in [2.24, 2.45) is 0 Å². The van der Waals surface area contributed by atoms with Gasteiger partial charge < -0.3 is 15.3 Å². The Hall–Kier alpha value is -2.37. The number of amides is 2. The predicted molar refractivity (Wildman–Crippen MR) is 95.2 cm³/mol. The Labute approximate surface area is 145 Å². The number of carbonyl (C=O) groups excluding carboxylic acids is 2. The molecule has 2 aromatic rings. The van der Waals surface area contributed by atoms with Crippen LogP contribution in [0.25, 0.3) is 0 Å². The third kappa shape index (κ3) is 4.57. The lowest BCUT2D eigenvalue weighted by Gasteiger charge is -2.20. The first-order valence-electron chi connectivity index (χ1n) is 7.45. The molecule has 0 saturated carbocycles. The number of benzene rings is 2. The number of aliphatic hydroxyl groups excluding tert-OH is 1. The highest BCUT2D eigenvalue weighted by molar-refractivity contribution is 6.30. The van der Waals surface area contributed by atoms with Crippen LogP contribution < -0.4 is 10.2 Å². The van der Waals surface area contributed by atoms with Gasteiger partial charge in [-0.25, -0.2) is 0 Å². The van der Waals surface area contributed by atoms with Crippen molar-refractivity contribution in [3.63, 3.8) is 0 Å². The number of hydrogen-bond donors (Lipinski definition) is 2. The standard InChI is InChI=1S/C18H19ClN2O3/c1-12(22)21(2)16-6-4-3-5-15(16)20-18(24)11-17(23)13-7-9-14(19)10-8-13/h3-10,17,23H,11H2,1-2H3,(H,20,24). The number of nitrogens with zero attached hydrogens (tertiary/aromatic N) is 1. The fourth-order valence-electron chi connectivity index (χ4n) is 2.22. The van der Waals surface area contributed by atoms with Crippen molar-refractivity contribution in [2.45, 2.75) is 19.4 Å². The number of para-hydroxylation sites is 2. The highest BCUT2D eigenvalue weighted by Crippen LogP contribution is 2.26. The van der Waals surface area contributed by atoms with Crippen LogP contribution in [-0.4, -0.2) is 24.0 Å². The smallest absolute Gasteiger partial charge is 0.227 e. The molecule has 0 saturated heterocycles. The third-order valence-electron chi connectivity index (χ3n) is 3.65. The topological polar surface area (TPSA) is 69.6 Å². The zero-order valence-corrected chi connectivity index (χ0v) is 14.2. The molecule has 0 radical (unpaired) electrons. The van der Waals surface area contributed by atoms with Gasteiger partial charge in [-0.3, -0.25) is 9.59 Å². The summed E-state index contributed by atoms with van der Waals surface area (Å²) >= 11 is 5.81. The van der Waals surface area contributed by atoms with Crippen LogP contribution in [0.3, 0.4) is 0 Å². The van der Waals surface area contributed by atoms with Gasteiger partial charge in [0.15, 0.2) is 0 Å². The molecular formula is C18H19ClN2O3. The molecule has 5 nitrogen and oxygen atoms in total. The van der Waals surface area contributed by atoms with Crippen molar-refractivity contribution in [2.75, 3.05) is 17.3 Å². The molecule has 2 aromatic carbocycles. The molecule has 0 aliphatic heterocycles. The minimum absolute atomic E-state index is 0.0975. The average molecular weight is 347 g/mol. The molecule has 1 unspecified atom stereocenters. The molecule has 0 spiro atoms. The summed E-state index contributed by atoms with van der Waals surface area (Å²) in [7, 11) is 1.63. The Balaban J connectivity index is 2.07. The van der Waals surface area contributed by atoms with E-state index in [2.05, 4.69) is 5.32 Å². The summed E-state index contributed by atoms with van der Waals surface area (Å²) in [5.41, 5.74) is 1.73. The van der Waals surface area contributed by atoms with E-state index in [4.69, 9.17) is 11.6 Å². The average Bonchev–Trinajstić information content (AvgIpc) is 2.55. The molecule has 0 aliphatic carbocycles. The quantitative estimate of drug-likeness (QED) is 0.871. The van der Waals surface area contributed by atoms with Gasteiger partial charge in [-0.2, -0.15) is 0 Å². The van der Waals surface area contributed by atoms with E-state index < -0.39 is 6.10 Å². The second kappa shape index (κ2) is 7.95. The number of rotatable bonds is 5. The predicted octanol–water partition coefficient (Wildman–Crippen LogP) is 3.38. The van der Waals surface area contributed by atoms with E-state index in [-0.39, 0.29) is 18.2 Å². The Morgan fingerprint density at radius 3 is 2.42 bits per heavy atom. The minimum Gasteiger partial charge on any atom is -0.388 e. The zero-order chi connectivity index (χ0) is 17.7. The third-order valence-corrected chi connectivity index (χ3v) is 3.90. The summed E-state index contributed by atoms with van der Waals surface area (Å²) in [6.07, 6.45) is -1.03. The summed E-state index contributed by atoms with van der Waals surface area (Å²) in [6, 6.07) is 13.7. The van der Waals surface area contributed by atoms with Crippen LogP contribution >= 0.6 is 11.6 Å². The molecule has 0 bridgehead atoms. The van der Waals surface area contributed by atoms with Crippen molar-refractivity contribution in [1.29, 1.82) is 0 Å². The fraction of sp³-hybridized carbons (Fsp3) is 0.222. The first-order valence-corrected chi connectivity index (χ1v) is 7.83.